The Bertz CT molecular complexity index is 697. The number of carbonyl (C=O) groups excluding carboxylic acids is 1. The number of aliphatic carboxylic acids is 1. The van der Waals surface area contributed by atoms with E-state index in [0.29, 0.717) is 11.3 Å². The van der Waals surface area contributed by atoms with Crippen LogP contribution in [-0.2, 0) is 4.79 Å². The Labute approximate surface area is 121 Å². The van der Waals surface area contributed by atoms with E-state index >= 15 is 0 Å². The van der Waals surface area contributed by atoms with E-state index in [-0.39, 0.29) is 11.6 Å². The Balaban J connectivity index is 2.20. The summed E-state index contributed by atoms with van der Waals surface area (Å²) in [4.78, 5) is 30.3. The predicted molar refractivity (Wildman–Crippen MR) is 77.8 cm³/mol. The molecule has 2 N–H and O–H groups in total. The number of rotatable bonds is 4. The normalized spacial score (nSPS) is 10.5. The van der Waals surface area contributed by atoms with Crippen LogP contribution in [0, 0.1) is 6.92 Å². The number of anilines is 1. The van der Waals surface area contributed by atoms with E-state index in [1.165, 1.54) is 24.7 Å². The van der Waals surface area contributed by atoms with Gasteiger partial charge >= 0.3 is 5.97 Å². The lowest BCUT2D eigenvalue weighted by Gasteiger charge is -2.07. The number of aromatic nitrogens is 2. The van der Waals surface area contributed by atoms with Gasteiger partial charge in [0.2, 0.25) is 0 Å². The maximum atomic E-state index is 12.0. The van der Waals surface area contributed by atoms with E-state index in [1.54, 1.807) is 12.1 Å². The Morgan fingerprint density at radius 2 is 2.05 bits per heavy atom. The van der Waals surface area contributed by atoms with Gasteiger partial charge in [0.1, 0.15) is 5.69 Å². The smallest absolute Gasteiger partial charge is 0.328 e. The summed E-state index contributed by atoms with van der Waals surface area (Å²) in [5.41, 5.74) is 2.36. The van der Waals surface area contributed by atoms with E-state index in [0.717, 1.165) is 11.6 Å². The second-order valence-corrected chi connectivity index (χ2v) is 4.35. The maximum absolute atomic E-state index is 12.0. The average molecular weight is 283 g/mol. The van der Waals surface area contributed by atoms with Gasteiger partial charge in [-0.25, -0.2) is 9.78 Å². The highest BCUT2D eigenvalue weighted by molar-refractivity contribution is 6.02. The number of carboxylic acid groups (broad SMARTS) is 1. The van der Waals surface area contributed by atoms with Gasteiger partial charge < -0.3 is 10.4 Å². The van der Waals surface area contributed by atoms with Gasteiger partial charge in [-0.05, 0) is 36.3 Å². The van der Waals surface area contributed by atoms with Gasteiger partial charge in [0.15, 0.2) is 0 Å². The first kappa shape index (κ1) is 14.4. The molecule has 6 heteroatoms. The molecule has 2 aromatic rings. The Morgan fingerprint density at radius 1 is 1.24 bits per heavy atom. The Hall–Kier alpha value is -3.02. The number of nitrogens with one attached hydrogen (secondary N) is 1. The molecular weight excluding hydrogens is 270 g/mol. The summed E-state index contributed by atoms with van der Waals surface area (Å²) in [5.74, 6) is -1.40. The minimum Gasteiger partial charge on any atom is -0.478 e. The van der Waals surface area contributed by atoms with Gasteiger partial charge in [-0.1, -0.05) is 6.07 Å². The third-order valence-electron chi connectivity index (χ3n) is 2.57. The van der Waals surface area contributed by atoms with E-state index in [9.17, 15) is 9.59 Å². The van der Waals surface area contributed by atoms with Crippen LogP contribution in [0.15, 0.2) is 42.9 Å². The molecule has 0 aliphatic heterocycles. The molecule has 2 rings (SSSR count). The van der Waals surface area contributed by atoms with E-state index in [1.807, 2.05) is 13.0 Å². The lowest BCUT2D eigenvalue weighted by Crippen LogP contribution is -2.13. The fourth-order valence-electron chi connectivity index (χ4n) is 1.76. The second-order valence-electron chi connectivity index (χ2n) is 4.35. The zero-order valence-corrected chi connectivity index (χ0v) is 11.3. The van der Waals surface area contributed by atoms with Crippen molar-refractivity contribution < 1.29 is 14.7 Å². The highest BCUT2D eigenvalue weighted by Gasteiger charge is 2.08. The summed E-state index contributed by atoms with van der Waals surface area (Å²) in [6.07, 6.45) is 6.80. The van der Waals surface area contributed by atoms with Gasteiger partial charge in [0.25, 0.3) is 5.91 Å². The van der Waals surface area contributed by atoms with Crippen molar-refractivity contribution in [1.82, 2.24) is 9.97 Å². The van der Waals surface area contributed by atoms with Crippen molar-refractivity contribution in [3.63, 3.8) is 0 Å². The zero-order chi connectivity index (χ0) is 15.2. The van der Waals surface area contributed by atoms with Gasteiger partial charge in [-0.15, -0.1) is 0 Å². The molecule has 0 aliphatic rings. The van der Waals surface area contributed by atoms with Crippen LogP contribution in [0.4, 0.5) is 5.69 Å². The monoisotopic (exact) mass is 283 g/mol. The third kappa shape index (κ3) is 4.24. The van der Waals surface area contributed by atoms with Crippen molar-refractivity contribution in [3.05, 3.63) is 59.7 Å². The van der Waals surface area contributed by atoms with Crippen LogP contribution in [0.3, 0.4) is 0 Å². The number of hydrogen-bond donors (Lipinski definition) is 2. The van der Waals surface area contributed by atoms with Crippen molar-refractivity contribution in [2.45, 2.75) is 6.92 Å². The van der Waals surface area contributed by atoms with Gasteiger partial charge in [-0.3, -0.25) is 9.78 Å². The van der Waals surface area contributed by atoms with Crippen LogP contribution in [0.5, 0.6) is 0 Å². The number of hydrogen-bond acceptors (Lipinski definition) is 4. The summed E-state index contributed by atoms with van der Waals surface area (Å²) in [6, 6.07) is 5.28. The van der Waals surface area contributed by atoms with E-state index < -0.39 is 5.97 Å². The van der Waals surface area contributed by atoms with Gasteiger partial charge in [-0.2, -0.15) is 0 Å². The molecule has 1 aromatic carbocycles. The van der Waals surface area contributed by atoms with Gasteiger partial charge in [0.05, 0.1) is 6.20 Å². The van der Waals surface area contributed by atoms with Crippen molar-refractivity contribution in [1.29, 1.82) is 0 Å². The summed E-state index contributed by atoms with van der Waals surface area (Å²) < 4.78 is 0. The highest BCUT2D eigenvalue weighted by atomic mass is 16.4. The van der Waals surface area contributed by atoms with Crippen LogP contribution in [0.1, 0.15) is 21.6 Å². The average Bonchev–Trinajstić information content (AvgIpc) is 2.45. The second kappa shape index (κ2) is 6.42. The van der Waals surface area contributed by atoms with Crippen LogP contribution in [0.25, 0.3) is 6.08 Å². The molecule has 0 spiro atoms. The van der Waals surface area contributed by atoms with E-state index in [4.69, 9.17) is 5.11 Å². The number of amides is 1. The standard InChI is InChI=1S/C15H13N3O3/c1-10-6-11(2-3-14(19)20)8-12(7-10)18-15(21)13-9-16-4-5-17-13/h2-9H,1H3,(H,18,21)(H,19,20)/b3-2+. The molecule has 0 saturated carbocycles. The number of carboxylic acids is 1. The maximum Gasteiger partial charge on any atom is 0.328 e. The molecule has 0 unspecified atom stereocenters. The molecule has 0 fully saturated rings. The van der Waals surface area contributed by atoms with E-state index in [2.05, 4.69) is 15.3 Å². The minimum atomic E-state index is -1.03. The van der Waals surface area contributed by atoms with Crippen LogP contribution in [0.2, 0.25) is 0 Å². The summed E-state index contributed by atoms with van der Waals surface area (Å²) in [6.45, 7) is 1.86. The molecule has 6 nitrogen and oxygen atoms in total. The number of benzene rings is 1. The van der Waals surface area contributed by atoms with Crippen molar-refractivity contribution >= 4 is 23.6 Å². The fraction of sp³-hybridized carbons (Fsp3) is 0.0667. The summed E-state index contributed by atoms with van der Waals surface area (Å²) in [7, 11) is 0. The fourth-order valence-corrected chi connectivity index (χ4v) is 1.76. The zero-order valence-electron chi connectivity index (χ0n) is 11.3. The first-order valence-electron chi connectivity index (χ1n) is 6.14. The first-order chi connectivity index (χ1) is 10.0. The lowest BCUT2D eigenvalue weighted by atomic mass is 10.1. The van der Waals surface area contributed by atoms with Crippen molar-refractivity contribution in [2.24, 2.45) is 0 Å². The molecule has 1 amide bonds. The molecule has 0 aliphatic carbocycles. The van der Waals surface area contributed by atoms with Crippen molar-refractivity contribution in [3.8, 4) is 0 Å². The number of aryl methyl sites for hydroxylation is 1. The lowest BCUT2D eigenvalue weighted by molar-refractivity contribution is -0.131. The Kier molecular flexibility index (Phi) is 4.40. The third-order valence-corrected chi connectivity index (χ3v) is 2.57. The van der Waals surface area contributed by atoms with Crippen LogP contribution < -0.4 is 5.32 Å². The predicted octanol–water partition coefficient (Wildman–Crippen LogP) is 2.14. The number of carbonyl (C=O) groups is 2. The summed E-state index contributed by atoms with van der Waals surface area (Å²) in [5, 5.41) is 11.3. The molecule has 0 radical (unpaired) electrons. The van der Waals surface area contributed by atoms with Gasteiger partial charge in [0, 0.05) is 24.2 Å². The van der Waals surface area contributed by atoms with Crippen LogP contribution in [-0.4, -0.2) is 27.0 Å². The first-order valence-corrected chi connectivity index (χ1v) is 6.14. The highest BCUT2D eigenvalue weighted by Crippen LogP contribution is 2.16. The van der Waals surface area contributed by atoms with Crippen molar-refractivity contribution in [2.75, 3.05) is 5.32 Å². The molecule has 0 bridgehead atoms. The van der Waals surface area contributed by atoms with Crippen LogP contribution >= 0.6 is 0 Å². The molecule has 21 heavy (non-hydrogen) atoms. The topological polar surface area (TPSA) is 92.2 Å². The largest absolute Gasteiger partial charge is 0.478 e. The SMILES string of the molecule is Cc1cc(/C=C/C(=O)O)cc(NC(=O)c2cnccn2)c1. The minimum absolute atomic E-state index is 0.210. The quantitative estimate of drug-likeness (QED) is 0.839. The molecule has 106 valence electrons. The molecule has 1 aromatic heterocycles. The summed E-state index contributed by atoms with van der Waals surface area (Å²) >= 11 is 0. The molecule has 0 saturated heterocycles. The molecule has 1 heterocycles. The molecule has 0 atom stereocenters. The number of nitrogens with zero attached hydrogens (tertiary/aromatic N) is 2. The molecular formula is C15H13N3O3. The Morgan fingerprint density at radius 3 is 2.71 bits per heavy atom.